The van der Waals surface area contributed by atoms with Crippen molar-refractivity contribution in [3.8, 4) is 0 Å². The van der Waals surface area contributed by atoms with Gasteiger partial charge in [-0.15, -0.1) is 0 Å². The number of nitrogens with one attached hydrogen (secondary N) is 1. The molecular formula is C16H27FN2. The molecule has 0 spiro atoms. The van der Waals surface area contributed by atoms with Crippen LogP contribution in [-0.4, -0.2) is 26.2 Å². The minimum Gasteiger partial charge on any atom is -0.375 e. The molecule has 0 amide bonds. The Bertz CT molecular complexity index is 367. The number of benzene rings is 1. The zero-order valence-electron chi connectivity index (χ0n) is 12.8. The molecule has 108 valence electrons. The first-order valence-corrected chi connectivity index (χ1v) is 7.04. The standard InChI is InChI=1S/C16H27FN2/c1-6-18-15(16(2,3)4)11-12-19(5)14-9-7-13(17)8-10-14/h7-10,15,18H,6,11-12H2,1-5H3. The second-order valence-electron chi connectivity index (χ2n) is 6.16. The van der Waals surface area contributed by atoms with E-state index in [1.54, 1.807) is 0 Å². The summed E-state index contributed by atoms with van der Waals surface area (Å²) in [5.74, 6) is -0.183. The molecule has 0 aliphatic heterocycles. The van der Waals surface area contributed by atoms with Gasteiger partial charge in [0.05, 0.1) is 0 Å². The predicted octanol–water partition coefficient (Wildman–Crippen LogP) is 3.68. The van der Waals surface area contributed by atoms with E-state index < -0.39 is 0 Å². The second-order valence-corrected chi connectivity index (χ2v) is 6.16. The van der Waals surface area contributed by atoms with Crippen LogP contribution in [0, 0.1) is 11.2 Å². The van der Waals surface area contributed by atoms with Crippen molar-refractivity contribution in [2.24, 2.45) is 5.41 Å². The van der Waals surface area contributed by atoms with Crippen molar-refractivity contribution in [1.29, 1.82) is 0 Å². The molecule has 1 atom stereocenters. The molecule has 2 nitrogen and oxygen atoms in total. The fourth-order valence-corrected chi connectivity index (χ4v) is 2.24. The smallest absolute Gasteiger partial charge is 0.123 e. The molecule has 19 heavy (non-hydrogen) atoms. The Labute approximate surface area is 117 Å². The summed E-state index contributed by atoms with van der Waals surface area (Å²) < 4.78 is 12.9. The van der Waals surface area contributed by atoms with Crippen molar-refractivity contribution in [3.63, 3.8) is 0 Å². The van der Waals surface area contributed by atoms with Gasteiger partial charge in [-0.3, -0.25) is 0 Å². The van der Waals surface area contributed by atoms with Gasteiger partial charge < -0.3 is 10.2 Å². The molecule has 0 radical (unpaired) electrons. The third-order valence-electron chi connectivity index (χ3n) is 3.52. The molecule has 0 aromatic heterocycles. The molecule has 3 heteroatoms. The Kier molecular flexibility index (Phi) is 5.80. The normalized spacial score (nSPS) is 13.4. The van der Waals surface area contributed by atoms with Crippen LogP contribution in [0.1, 0.15) is 34.1 Å². The average Bonchev–Trinajstić information content (AvgIpc) is 2.33. The van der Waals surface area contributed by atoms with Crippen LogP contribution in [-0.2, 0) is 0 Å². The highest BCUT2D eigenvalue weighted by Gasteiger charge is 2.23. The van der Waals surface area contributed by atoms with Crippen LogP contribution in [0.5, 0.6) is 0 Å². The summed E-state index contributed by atoms with van der Waals surface area (Å²) in [7, 11) is 2.05. The Balaban J connectivity index is 2.56. The molecule has 0 saturated carbocycles. The van der Waals surface area contributed by atoms with Crippen LogP contribution >= 0.6 is 0 Å². The van der Waals surface area contributed by atoms with Crippen molar-refractivity contribution >= 4 is 5.69 Å². The van der Waals surface area contributed by atoms with Gasteiger partial charge in [-0.1, -0.05) is 27.7 Å². The van der Waals surface area contributed by atoms with E-state index in [-0.39, 0.29) is 11.2 Å². The zero-order chi connectivity index (χ0) is 14.5. The molecule has 1 rings (SSSR count). The zero-order valence-corrected chi connectivity index (χ0v) is 12.8. The summed E-state index contributed by atoms with van der Waals surface area (Å²) >= 11 is 0. The van der Waals surface area contributed by atoms with Crippen LogP contribution in [0.15, 0.2) is 24.3 Å². The lowest BCUT2D eigenvalue weighted by atomic mass is 9.84. The summed E-state index contributed by atoms with van der Waals surface area (Å²) in [6.45, 7) is 10.9. The predicted molar refractivity (Wildman–Crippen MR) is 81.2 cm³/mol. The first-order chi connectivity index (χ1) is 8.84. The van der Waals surface area contributed by atoms with Crippen LogP contribution < -0.4 is 10.2 Å². The number of anilines is 1. The van der Waals surface area contributed by atoms with Gasteiger partial charge in [0.2, 0.25) is 0 Å². The number of rotatable bonds is 6. The Morgan fingerprint density at radius 1 is 1.21 bits per heavy atom. The molecule has 0 saturated heterocycles. The lowest BCUT2D eigenvalue weighted by Gasteiger charge is -2.33. The van der Waals surface area contributed by atoms with Gasteiger partial charge in [-0.2, -0.15) is 0 Å². The third kappa shape index (κ3) is 5.19. The summed E-state index contributed by atoms with van der Waals surface area (Å²) in [6, 6.07) is 7.17. The fourth-order valence-electron chi connectivity index (χ4n) is 2.24. The van der Waals surface area contributed by atoms with Gasteiger partial charge >= 0.3 is 0 Å². The largest absolute Gasteiger partial charge is 0.375 e. The van der Waals surface area contributed by atoms with Gasteiger partial charge in [0, 0.05) is 25.3 Å². The third-order valence-corrected chi connectivity index (χ3v) is 3.52. The van der Waals surface area contributed by atoms with Crippen LogP contribution in [0.4, 0.5) is 10.1 Å². The van der Waals surface area contributed by atoms with E-state index in [9.17, 15) is 4.39 Å². The maximum atomic E-state index is 12.9. The molecular weight excluding hydrogens is 239 g/mol. The van der Waals surface area contributed by atoms with Gasteiger partial charge in [0.1, 0.15) is 5.82 Å². The number of nitrogens with zero attached hydrogens (tertiary/aromatic N) is 1. The minimum absolute atomic E-state index is 0.183. The molecule has 1 unspecified atom stereocenters. The molecule has 0 fully saturated rings. The fraction of sp³-hybridized carbons (Fsp3) is 0.625. The SMILES string of the molecule is CCNC(CCN(C)c1ccc(F)cc1)C(C)(C)C. The number of hydrogen-bond donors (Lipinski definition) is 1. The molecule has 0 aliphatic carbocycles. The summed E-state index contributed by atoms with van der Waals surface area (Å²) in [5, 5.41) is 3.55. The van der Waals surface area contributed by atoms with E-state index >= 15 is 0 Å². The summed E-state index contributed by atoms with van der Waals surface area (Å²) in [4.78, 5) is 2.18. The quantitative estimate of drug-likeness (QED) is 0.845. The topological polar surface area (TPSA) is 15.3 Å². The van der Waals surface area contributed by atoms with Gasteiger partial charge in [-0.05, 0) is 42.6 Å². The van der Waals surface area contributed by atoms with Crippen LogP contribution in [0.3, 0.4) is 0 Å². The van der Waals surface area contributed by atoms with Crippen molar-refractivity contribution in [2.45, 2.75) is 40.2 Å². The summed E-state index contributed by atoms with van der Waals surface area (Å²) in [5.41, 5.74) is 1.31. The summed E-state index contributed by atoms with van der Waals surface area (Å²) in [6.07, 6.45) is 1.07. The van der Waals surface area contributed by atoms with E-state index in [4.69, 9.17) is 0 Å². The Morgan fingerprint density at radius 3 is 2.26 bits per heavy atom. The monoisotopic (exact) mass is 266 g/mol. The van der Waals surface area contributed by atoms with Gasteiger partial charge in [-0.25, -0.2) is 4.39 Å². The maximum Gasteiger partial charge on any atom is 0.123 e. The number of hydrogen-bond acceptors (Lipinski definition) is 2. The highest BCUT2D eigenvalue weighted by molar-refractivity contribution is 5.45. The maximum absolute atomic E-state index is 12.9. The lowest BCUT2D eigenvalue weighted by Crippen LogP contribution is -2.42. The van der Waals surface area contributed by atoms with Crippen molar-refractivity contribution < 1.29 is 4.39 Å². The highest BCUT2D eigenvalue weighted by Crippen LogP contribution is 2.23. The second kappa shape index (κ2) is 6.90. The lowest BCUT2D eigenvalue weighted by molar-refractivity contribution is 0.260. The van der Waals surface area contributed by atoms with Crippen molar-refractivity contribution in [3.05, 3.63) is 30.1 Å². The molecule has 1 aromatic carbocycles. The Morgan fingerprint density at radius 2 is 1.79 bits per heavy atom. The van der Waals surface area contributed by atoms with Gasteiger partial charge in [0.25, 0.3) is 0 Å². The average molecular weight is 266 g/mol. The van der Waals surface area contributed by atoms with Crippen molar-refractivity contribution in [2.75, 3.05) is 25.0 Å². The first-order valence-electron chi connectivity index (χ1n) is 7.04. The van der Waals surface area contributed by atoms with E-state index in [1.165, 1.54) is 12.1 Å². The first kappa shape index (κ1) is 16.0. The van der Waals surface area contributed by atoms with Crippen molar-refractivity contribution in [1.82, 2.24) is 5.32 Å². The molecule has 0 heterocycles. The molecule has 1 N–H and O–H groups in total. The van der Waals surface area contributed by atoms with Gasteiger partial charge in [0.15, 0.2) is 0 Å². The molecule has 1 aromatic rings. The van der Waals surface area contributed by atoms with E-state index in [0.29, 0.717) is 6.04 Å². The molecule has 0 bridgehead atoms. The van der Waals surface area contributed by atoms with E-state index in [2.05, 4.69) is 45.0 Å². The number of halogens is 1. The minimum atomic E-state index is -0.183. The van der Waals surface area contributed by atoms with E-state index in [0.717, 1.165) is 25.2 Å². The van der Waals surface area contributed by atoms with Crippen LogP contribution in [0.2, 0.25) is 0 Å². The highest BCUT2D eigenvalue weighted by atomic mass is 19.1. The Hall–Kier alpha value is -1.09. The van der Waals surface area contributed by atoms with E-state index in [1.807, 2.05) is 12.1 Å². The molecule has 0 aliphatic rings. The van der Waals surface area contributed by atoms with Crippen LogP contribution in [0.25, 0.3) is 0 Å².